The largest absolute Gasteiger partial charge is 0.328 e. The average molecular weight is 346 g/mol. The normalized spacial score (nSPS) is 25.0. The molecule has 2 aliphatic rings. The van der Waals surface area contributed by atoms with E-state index in [9.17, 15) is 4.79 Å². The fraction of sp³-hybridized carbons (Fsp3) is 0.381. The van der Waals surface area contributed by atoms with Crippen LogP contribution in [0.4, 0.5) is 0 Å². The minimum atomic E-state index is -0.143. The maximum atomic E-state index is 13.4. The molecular weight excluding hydrogens is 324 g/mol. The molecular formula is C21H22N4O. The van der Waals surface area contributed by atoms with Gasteiger partial charge in [-0.2, -0.15) is 0 Å². The molecule has 2 fully saturated rings. The molecule has 132 valence electrons. The summed E-state index contributed by atoms with van der Waals surface area (Å²) in [6, 6.07) is 12.4. The van der Waals surface area contributed by atoms with E-state index in [4.69, 9.17) is 0 Å². The van der Waals surface area contributed by atoms with Gasteiger partial charge in [-0.3, -0.25) is 4.79 Å². The van der Waals surface area contributed by atoms with Crippen LogP contribution in [0.2, 0.25) is 0 Å². The van der Waals surface area contributed by atoms with Gasteiger partial charge in [0.1, 0.15) is 5.52 Å². The fourth-order valence-electron chi connectivity index (χ4n) is 4.91. The Morgan fingerprint density at radius 1 is 1.19 bits per heavy atom. The lowest BCUT2D eigenvalue weighted by atomic mass is 9.61. The Kier molecular flexibility index (Phi) is 3.39. The molecule has 1 amide bonds. The number of rotatable bonds is 2. The lowest BCUT2D eigenvalue weighted by Gasteiger charge is -2.61. The Balaban J connectivity index is 1.54. The van der Waals surface area contributed by atoms with E-state index < -0.39 is 0 Å². The first kappa shape index (κ1) is 15.6. The number of aromatic nitrogens is 3. The Morgan fingerprint density at radius 3 is 2.85 bits per heavy atom. The van der Waals surface area contributed by atoms with Crippen molar-refractivity contribution < 1.29 is 4.79 Å². The SMILES string of the molecule is Cn1cnc2cc(C(=O)N3C[C@@H]4CCCC[C@]43c3ccccc3)cnc21. The summed E-state index contributed by atoms with van der Waals surface area (Å²) in [5.41, 5.74) is 3.34. The summed E-state index contributed by atoms with van der Waals surface area (Å²) in [7, 11) is 1.91. The van der Waals surface area contributed by atoms with Crippen molar-refractivity contribution in [3.8, 4) is 0 Å². The number of aryl methyl sites for hydroxylation is 1. The van der Waals surface area contributed by atoms with E-state index >= 15 is 0 Å². The predicted molar refractivity (Wildman–Crippen MR) is 99.6 cm³/mol. The van der Waals surface area contributed by atoms with Crippen LogP contribution >= 0.6 is 0 Å². The van der Waals surface area contributed by atoms with Crippen molar-refractivity contribution in [3.63, 3.8) is 0 Å². The van der Waals surface area contributed by atoms with E-state index in [1.54, 1.807) is 12.5 Å². The average Bonchev–Trinajstić information content (AvgIpc) is 3.04. The Labute approximate surface area is 152 Å². The minimum absolute atomic E-state index is 0.0760. The summed E-state index contributed by atoms with van der Waals surface area (Å²) in [6.07, 6.45) is 8.12. The molecule has 0 unspecified atom stereocenters. The molecule has 0 spiro atoms. The predicted octanol–water partition coefficient (Wildman–Crippen LogP) is 3.51. The monoisotopic (exact) mass is 346 g/mol. The molecule has 0 radical (unpaired) electrons. The van der Waals surface area contributed by atoms with Gasteiger partial charge < -0.3 is 9.47 Å². The molecule has 0 bridgehead atoms. The van der Waals surface area contributed by atoms with E-state index in [0.29, 0.717) is 11.5 Å². The summed E-state index contributed by atoms with van der Waals surface area (Å²) in [4.78, 5) is 24.2. The first-order chi connectivity index (χ1) is 12.7. The summed E-state index contributed by atoms with van der Waals surface area (Å²) in [6.45, 7) is 0.841. The molecule has 1 aliphatic carbocycles. The Bertz CT molecular complexity index is 980. The van der Waals surface area contributed by atoms with Crippen molar-refractivity contribution in [2.24, 2.45) is 13.0 Å². The zero-order valence-electron chi connectivity index (χ0n) is 14.9. The van der Waals surface area contributed by atoms with Crippen molar-refractivity contribution in [1.82, 2.24) is 19.4 Å². The molecule has 5 heteroatoms. The van der Waals surface area contributed by atoms with Gasteiger partial charge in [0.15, 0.2) is 5.65 Å². The number of likely N-dealkylation sites (tertiary alicyclic amines) is 1. The summed E-state index contributed by atoms with van der Waals surface area (Å²) in [5.74, 6) is 0.640. The number of nitrogens with zero attached hydrogens (tertiary/aromatic N) is 4. The highest BCUT2D eigenvalue weighted by Crippen LogP contribution is 2.54. The van der Waals surface area contributed by atoms with Crippen LogP contribution in [0.15, 0.2) is 48.9 Å². The molecule has 5 nitrogen and oxygen atoms in total. The highest BCUT2D eigenvalue weighted by atomic mass is 16.2. The molecule has 3 aromatic rings. The lowest BCUT2D eigenvalue weighted by Crippen LogP contribution is -2.67. The van der Waals surface area contributed by atoms with Gasteiger partial charge in [-0.25, -0.2) is 9.97 Å². The summed E-state index contributed by atoms with van der Waals surface area (Å²) in [5, 5.41) is 0. The lowest BCUT2D eigenvalue weighted by molar-refractivity contribution is -0.0869. The van der Waals surface area contributed by atoms with Gasteiger partial charge in [0.2, 0.25) is 0 Å². The van der Waals surface area contributed by atoms with Crippen molar-refractivity contribution in [2.45, 2.75) is 31.2 Å². The second-order valence-corrected chi connectivity index (χ2v) is 7.57. The number of benzene rings is 1. The number of fused-ring (bicyclic) bond motifs is 2. The molecule has 5 rings (SSSR count). The van der Waals surface area contributed by atoms with Crippen LogP contribution in [0.3, 0.4) is 0 Å². The summed E-state index contributed by atoms with van der Waals surface area (Å²) < 4.78 is 1.87. The number of carbonyl (C=O) groups excluding carboxylic acids is 1. The van der Waals surface area contributed by atoms with Crippen LogP contribution in [0.5, 0.6) is 0 Å². The third-order valence-corrected chi connectivity index (χ3v) is 6.24. The number of amides is 1. The number of imidazole rings is 1. The maximum Gasteiger partial charge on any atom is 0.256 e. The maximum absolute atomic E-state index is 13.4. The molecule has 2 aromatic heterocycles. The van der Waals surface area contributed by atoms with Gasteiger partial charge in [-0.15, -0.1) is 0 Å². The van der Waals surface area contributed by atoms with Gasteiger partial charge in [0, 0.05) is 25.7 Å². The zero-order chi connectivity index (χ0) is 17.7. The van der Waals surface area contributed by atoms with Gasteiger partial charge in [0.25, 0.3) is 5.91 Å². The van der Waals surface area contributed by atoms with Gasteiger partial charge in [0.05, 0.1) is 17.4 Å². The van der Waals surface area contributed by atoms with Crippen molar-refractivity contribution in [1.29, 1.82) is 0 Å². The molecule has 1 saturated carbocycles. The van der Waals surface area contributed by atoms with Gasteiger partial charge in [-0.05, 0) is 24.5 Å². The second kappa shape index (κ2) is 5.66. The van der Waals surface area contributed by atoms with Gasteiger partial charge in [-0.1, -0.05) is 43.2 Å². The first-order valence-corrected chi connectivity index (χ1v) is 9.35. The van der Waals surface area contributed by atoms with Crippen LogP contribution < -0.4 is 0 Å². The molecule has 26 heavy (non-hydrogen) atoms. The third kappa shape index (κ3) is 2.06. The minimum Gasteiger partial charge on any atom is -0.328 e. The quantitative estimate of drug-likeness (QED) is 0.713. The van der Waals surface area contributed by atoms with E-state index in [1.165, 1.54) is 24.8 Å². The smallest absolute Gasteiger partial charge is 0.256 e. The van der Waals surface area contributed by atoms with E-state index in [1.807, 2.05) is 23.7 Å². The van der Waals surface area contributed by atoms with Crippen LogP contribution in [-0.2, 0) is 12.6 Å². The molecule has 1 saturated heterocycles. The summed E-state index contributed by atoms with van der Waals surface area (Å²) >= 11 is 0. The highest BCUT2D eigenvalue weighted by Gasteiger charge is 2.57. The molecule has 0 N–H and O–H groups in total. The van der Waals surface area contributed by atoms with Crippen molar-refractivity contribution in [2.75, 3.05) is 6.54 Å². The fourth-order valence-corrected chi connectivity index (χ4v) is 4.91. The van der Waals surface area contributed by atoms with E-state index in [2.05, 4.69) is 39.1 Å². The zero-order valence-corrected chi connectivity index (χ0v) is 14.9. The van der Waals surface area contributed by atoms with E-state index in [-0.39, 0.29) is 11.4 Å². The Morgan fingerprint density at radius 2 is 2.04 bits per heavy atom. The van der Waals surface area contributed by atoms with Crippen LogP contribution in [-0.4, -0.2) is 31.9 Å². The number of carbonyl (C=O) groups is 1. The molecule has 1 aliphatic heterocycles. The molecule has 1 aromatic carbocycles. The topological polar surface area (TPSA) is 51.0 Å². The standard InChI is InChI=1S/C21H22N4O/c1-24-14-23-18-11-15(12-22-19(18)24)20(26)25-13-17-9-5-6-10-21(17,25)16-7-3-2-4-8-16/h2-4,7-8,11-12,14,17H,5-6,9-10,13H2,1H3/t17-,21-/m0/s1. The number of pyridine rings is 1. The van der Waals surface area contributed by atoms with E-state index in [0.717, 1.165) is 24.1 Å². The van der Waals surface area contributed by atoms with Gasteiger partial charge >= 0.3 is 0 Å². The van der Waals surface area contributed by atoms with Crippen LogP contribution in [0, 0.1) is 5.92 Å². The van der Waals surface area contributed by atoms with Crippen LogP contribution in [0.25, 0.3) is 11.2 Å². The number of hydrogen-bond donors (Lipinski definition) is 0. The third-order valence-electron chi connectivity index (χ3n) is 6.24. The van der Waals surface area contributed by atoms with Crippen molar-refractivity contribution >= 4 is 17.1 Å². The molecule has 2 atom stereocenters. The molecule has 3 heterocycles. The first-order valence-electron chi connectivity index (χ1n) is 9.35. The highest BCUT2D eigenvalue weighted by molar-refractivity contribution is 5.97. The Hall–Kier alpha value is -2.69. The van der Waals surface area contributed by atoms with Crippen LogP contribution in [0.1, 0.15) is 41.6 Å². The second-order valence-electron chi connectivity index (χ2n) is 7.57. The number of hydrogen-bond acceptors (Lipinski definition) is 3. The van der Waals surface area contributed by atoms with Crippen molar-refractivity contribution in [3.05, 3.63) is 60.0 Å².